The zero-order valence-corrected chi connectivity index (χ0v) is 16.6. The summed E-state index contributed by atoms with van der Waals surface area (Å²) in [6, 6.07) is 16.2. The van der Waals surface area contributed by atoms with Gasteiger partial charge in [-0.2, -0.15) is 0 Å². The van der Waals surface area contributed by atoms with Crippen LogP contribution < -0.4 is 9.88 Å². The van der Waals surface area contributed by atoms with Gasteiger partial charge in [0.15, 0.2) is 0 Å². The number of rotatable bonds is 10. The first-order chi connectivity index (χ1) is 12.8. The third kappa shape index (κ3) is 6.62. The van der Waals surface area contributed by atoms with Crippen LogP contribution in [0.4, 0.5) is 0 Å². The fraction of sp³-hybridized carbons (Fsp3) is 0.400. The highest BCUT2D eigenvalue weighted by molar-refractivity contribution is 7.89. The van der Waals surface area contributed by atoms with Gasteiger partial charge >= 0.3 is 0 Å². The van der Waals surface area contributed by atoms with E-state index in [1.54, 1.807) is 12.1 Å². The molecule has 0 aromatic heterocycles. The Kier molecular flexibility index (Phi) is 7.79. The van der Waals surface area contributed by atoms with Gasteiger partial charge in [0.1, 0.15) is 12.4 Å². The maximum absolute atomic E-state index is 11.3. The van der Waals surface area contributed by atoms with Gasteiger partial charge in [0, 0.05) is 19.1 Å². The lowest BCUT2D eigenvalue weighted by atomic mass is 10.0. The van der Waals surface area contributed by atoms with E-state index in [2.05, 4.69) is 30.9 Å². The topological polar surface area (TPSA) is 92.9 Å². The highest BCUT2D eigenvalue weighted by Crippen LogP contribution is 2.17. The minimum atomic E-state index is -3.70. The summed E-state index contributed by atoms with van der Waals surface area (Å²) in [4.78, 5) is 2.26. The molecule has 0 fully saturated rings. The third-order valence-corrected chi connectivity index (χ3v) is 5.38. The first kappa shape index (κ1) is 21.4. The summed E-state index contributed by atoms with van der Waals surface area (Å²) < 4.78 is 28.4. The van der Waals surface area contributed by atoms with Crippen LogP contribution in [-0.4, -0.2) is 44.2 Å². The molecule has 2 rings (SSSR count). The Bertz CT molecular complexity index is 792. The third-order valence-electron chi connectivity index (χ3n) is 4.45. The molecular formula is C20H28N2O4S. The number of hydrogen-bond acceptors (Lipinski definition) is 5. The molecule has 1 atom stereocenters. The summed E-state index contributed by atoms with van der Waals surface area (Å²) in [6.07, 6.45) is 0. The van der Waals surface area contributed by atoms with Crippen molar-refractivity contribution in [3.05, 3.63) is 60.2 Å². The minimum absolute atomic E-state index is 0.0264. The average molecular weight is 393 g/mol. The number of primary sulfonamides is 1. The zero-order chi connectivity index (χ0) is 19.9. The number of ether oxygens (including phenoxy) is 1. The molecule has 0 saturated carbocycles. The van der Waals surface area contributed by atoms with Crippen LogP contribution in [0.15, 0.2) is 59.5 Å². The lowest BCUT2D eigenvalue weighted by Gasteiger charge is -2.33. The summed E-state index contributed by atoms with van der Waals surface area (Å²) in [5.41, 5.74) is 1.18. The number of sulfonamides is 1. The van der Waals surface area contributed by atoms with Gasteiger partial charge in [-0.3, -0.25) is 4.90 Å². The van der Waals surface area contributed by atoms with E-state index in [0.29, 0.717) is 24.8 Å². The Morgan fingerprint density at radius 3 is 2.22 bits per heavy atom. The summed E-state index contributed by atoms with van der Waals surface area (Å²) in [5, 5.41) is 14.9. The van der Waals surface area contributed by atoms with Gasteiger partial charge in [-0.15, -0.1) is 0 Å². The van der Waals surface area contributed by atoms with Crippen LogP contribution in [0, 0.1) is 5.92 Å². The van der Waals surface area contributed by atoms with E-state index in [4.69, 9.17) is 9.88 Å². The maximum Gasteiger partial charge on any atom is 0.238 e. The fourth-order valence-corrected chi connectivity index (χ4v) is 3.45. The van der Waals surface area contributed by atoms with Gasteiger partial charge in [-0.25, -0.2) is 13.6 Å². The molecule has 0 heterocycles. The summed E-state index contributed by atoms with van der Waals surface area (Å²) in [7, 11) is -3.70. The lowest BCUT2D eigenvalue weighted by Crippen LogP contribution is -2.43. The van der Waals surface area contributed by atoms with E-state index < -0.39 is 10.0 Å². The van der Waals surface area contributed by atoms with Crippen molar-refractivity contribution in [3.63, 3.8) is 0 Å². The molecule has 0 aliphatic rings. The molecule has 0 bridgehead atoms. The summed E-state index contributed by atoms with van der Waals surface area (Å²) in [5.74, 6) is 0.875. The predicted octanol–water partition coefficient (Wildman–Crippen LogP) is 2.23. The number of aliphatic hydroxyl groups is 1. The van der Waals surface area contributed by atoms with Crippen LogP contribution in [0.2, 0.25) is 0 Å². The highest BCUT2D eigenvalue weighted by Gasteiger charge is 2.21. The molecule has 1 unspecified atom stereocenters. The van der Waals surface area contributed by atoms with Crippen LogP contribution in [-0.2, 0) is 16.6 Å². The Balaban J connectivity index is 2.00. The number of benzene rings is 2. The Labute approximate surface area is 161 Å². The summed E-state index contributed by atoms with van der Waals surface area (Å²) in [6.45, 7) is 6.03. The number of aliphatic hydroxyl groups excluding tert-OH is 1. The quantitative estimate of drug-likeness (QED) is 0.647. The molecule has 7 heteroatoms. The number of hydrogen-bond donors (Lipinski definition) is 2. The largest absolute Gasteiger partial charge is 0.492 e. The normalized spacial score (nSPS) is 13.1. The minimum Gasteiger partial charge on any atom is -0.492 e. The van der Waals surface area contributed by atoms with E-state index >= 15 is 0 Å². The van der Waals surface area contributed by atoms with Crippen molar-refractivity contribution >= 4 is 10.0 Å². The van der Waals surface area contributed by atoms with E-state index in [9.17, 15) is 13.5 Å². The highest BCUT2D eigenvalue weighted by atomic mass is 32.2. The lowest BCUT2D eigenvalue weighted by molar-refractivity contribution is 0.0721. The van der Waals surface area contributed by atoms with Crippen LogP contribution in [0.5, 0.6) is 5.75 Å². The first-order valence-corrected chi connectivity index (χ1v) is 10.5. The molecule has 0 amide bonds. The van der Waals surface area contributed by atoms with Gasteiger partial charge in [-0.05, 0) is 35.7 Å². The van der Waals surface area contributed by atoms with E-state index in [0.717, 1.165) is 6.54 Å². The second kappa shape index (κ2) is 9.85. The zero-order valence-electron chi connectivity index (χ0n) is 15.8. The molecule has 2 aromatic rings. The average Bonchev–Trinajstić information content (AvgIpc) is 2.62. The molecule has 0 aliphatic heterocycles. The van der Waals surface area contributed by atoms with Crippen LogP contribution >= 0.6 is 0 Å². The molecule has 3 N–H and O–H groups in total. The molecule has 6 nitrogen and oxygen atoms in total. The molecule has 0 aliphatic carbocycles. The van der Waals surface area contributed by atoms with Gasteiger partial charge in [0.05, 0.1) is 11.5 Å². The van der Waals surface area contributed by atoms with Crippen LogP contribution in [0.3, 0.4) is 0 Å². The monoisotopic (exact) mass is 392 g/mol. The Morgan fingerprint density at radius 2 is 1.70 bits per heavy atom. The smallest absolute Gasteiger partial charge is 0.238 e. The standard InChI is InChI=1S/C20H28N2O4S/c1-16(2)20(15-23)22(14-17-6-4-3-5-7-17)12-13-26-18-8-10-19(11-9-18)27(21,24)25/h3-11,16,20,23H,12-15H2,1-2H3,(H2,21,24,25). The number of nitrogens with two attached hydrogens (primary N) is 1. The molecule has 148 valence electrons. The maximum atomic E-state index is 11.3. The van der Waals surface area contributed by atoms with Crippen molar-refractivity contribution in [1.29, 1.82) is 0 Å². The fourth-order valence-electron chi connectivity index (χ4n) is 2.93. The second-order valence-electron chi connectivity index (χ2n) is 6.81. The Hall–Kier alpha value is -1.93. The van der Waals surface area contributed by atoms with Crippen molar-refractivity contribution in [1.82, 2.24) is 4.90 Å². The van der Waals surface area contributed by atoms with Gasteiger partial charge in [0.2, 0.25) is 10.0 Å². The van der Waals surface area contributed by atoms with Crippen molar-refractivity contribution in [2.75, 3.05) is 19.8 Å². The predicted molar refractivity (Wildman–Crippen MR) is 106 cm³/mol. The van der Waals surface area contributed by atoms with Crippen molar-refractivity contribution < 1.29 is 18.3 Å². The van der Waals surface area contributed by atoms with E-state index in [1.165, 1.54) is 17.7 Å². The van der Waals surface area contributed by atoms with Crippen molar-refractivity contribution in [2.24, 2.45) is 11.1 Å². The van der Waals surface area contributed by atoms with Crippen molar-refractivity contribution in [3.8, 4) is 5.75 Å². The molecule has 2 aromatic carbocycles. The molecule has 27 heavy (non-hydrogen) atoms. The summed E-state index contributed by atoms with van der Waals surface area (Å²) >= 11 is 0. The van der Waals surface area contributed by atoms with Crippen molar-refractivity contribution in [2.45, 2.75) is 31.3 Å². The van der Waals surface area contributed by atoms with Crippen LogP contribution in [0.1, 0.15) is 19.4 Å². The Morgan fingerprint density at radius 1 is 1.07 bits per heavy atom. The number of nitrogens with zero attached hydrogens (tertiary/aromatic N) is 1. The van der Waals surface area contributed by atoms with Gasteiger partial charge in [-0.1, -0.05) is 44.2 Å². The molecular weight excluding hydrogens is 364 g/mol. The van der Waals surface area contributed by atoms with Crippen LogP contribution in [0.25, 0.3) is 0 Å². The molecule has 0 spiro atoms. The van der Waals surface area contributed by atoms with E-state index in [1.807, 2.05) is 18.2 Å². The second-order valence-corrected chi connectivity index (χ2v) is 8.38. The molecule has 0 saturated heterocycles. The SMILES string of the molecule is CC(C)C(CO)N(CCOc1ccc(S(N)(=O)=O)cc1)Cc1ccccc1. The van der Waals surface area contributed by atoms with Gasteiger partial charge in [0.25, 0.3) is 0 Å². The van der Waals surface area contributed by atoms with E-state index in [-0.39, 0.29) is 17.5 Å². The molecule has 0 radical (unpaired) electrons. The first-order valence-electron chi connectivity index (χ1n) is 8.95. The van der Waals surface area contributed by atoms with Gasteiger partial charge < -0.3 is 9.84 Å².